The maximum atomic E-state index is 11.7. The third-order valence-corrected chi connectivity index (χ3v) is 2.86. The average molecular weight is 205 g/mol. The Hall–Kier alpha value is -1.45. The molecule has 4 nitrogen and oxygen atoms in total. The summed E-state index contributed by atoms with van der Waals surface area (Å²) in [7, 11) is 0. The van der Waals surface area contributed by atoms with Gasteiger partial charge in [-0.1, -0.05) is 13.8 Å². The number of rotatable bonds is 2. The lowest BCUT2D eigenvalue weighted by atomic mass is 10.1. The highest BCUT2D eigenvalue weighted by molar-refractivity contribution is 5.94. The van der Waals surface area contributed by atoms with Crippen molar-refractivity contribution in [1.82, 2.24) is 9.97 Å². The molecule has 0 aliphatic heterocycles. The molecule has 15 heavy (non-hydrogen) atoms. The highest BCUT2D eigenvalue weighted by Gasteiger charge is 2.50. The summed E-state index contributed by atoms with van der Waals surface area (Å²) in [6.45, 7) is 6.05. The van der Waals surface area contributed by atoms with Gasteiger partial charge in [0.05, 0.1) is 18.1 Å². The Labute approximate surface area is 89.1 Å². The third-order valence-electron chi connectivity index (χ3n) is 2.86. The molecule has 0 bridgehead atoms. The molecule has 4 heteroatoms. The summed E-state index contributed by atoms with van der Waals surface area (Å²) >= 11 is 0. The lowest BCUT2D eigenvalue weighted by Gasteiger charge is -2.05. The molecule has 1 aliphatic carbocycles. The Morgan fingerprint density at radius 3 is 2.60 bits per heavy atom. The first kappa shape index (κ1) is 10.1. The van der Waals surface area contributed by atoms with Crippen LogP contribution in [0.15, 0.2) is 12.4 Å². The Morgan fingerprint density at radius 2 is 2.13 bits per heavy atom. The molecule has 1 aromatic heterocycles. The van der Waals surface area contributed by atoms with E-state index in [4.69, 9.17) is 0 Å². The number of carbonyl (C=O) groups is 1. The van der Waals surface area contributed by atoms with E-state index in [1.807, 2.05) is 6.92 Å². The summed E-state index contributed by atoms with van der Waals surface area (Å²) in [4.78, 5) is 19.8. The van der Waals surface area contributed by atoms with Crippen molar-refractivity contribution in [3.05, 3.63) is 18.1 Å². The summed E-state index contributed by atoms with van der Waals surface area (Å²) in [5.74, 6) is 0.715. The van der Waals surface area contributed by atoms with Crippen molar-refractivity contribution in [2.75, 3.05) is 5.32 Å². The monoisotopic (exact) mass is 205 g/mol. The van der Waals surface area contributed by atoms with Crippen LogP contribution < -0.4 is 5.32 Å². The molecule has 1 N–H and O–H groups in total. The molecular formula is C11H15N3O. The van der Waals surface area contributed by atoms with E-state index in [0.717, 1.165) is 12.1 Å². The van der Waals surface area contributed by atoms with Crippen molar-refractivity contribution >= 4 is 11.7 Å². The Morgan fingerprint density at radius 1 is 1.47 bits per heavy atom. The van der Waals surface area contributed by atoms with Gasteiger partial charge in [-0.15, -0.1) is 0 Å². The van der Waals surface area contributed by atoms with Crippen LogP contribution in [-0.4, -0.2) is 15.9 Å². The highest BCUT2D eigenvalue weighted by Crippen LogP contribution is 2.51. The van der Waals surface area contributed by atoms with E-state index >= 15 is 0 Å². The zero-order chi connectivity index (χ0) is 11.1. The summed E-state index contributed by atoms with van der Waals surface area (Å²) in [5.41, 5.74) is 1.00. The molecule has 80 valence electrons. The zero-order valence-corrected chi connectivity index (χ0v) is 9.24. The molecule has 1 saturated carbocycles. The summed E-state index contributed by atoms with van der Waals surface area (Å²) in [5, 5.41) is 2.77. The van der Waals surface area contributed by atoms with E-state index in [9.17, 15) is 4.79 Å². The van der Waals surface area contributed by atoms with Crippen molar-refractivity contribution in [2.24, 2.45) is 11.3 Å². The fraction of sp³-hybridized carbons (Fsp3) is 0.545. The van der Waals surface area contributed by atoms with Crippen LogP contribution in [0.3, 0.4) is 0 Å². The first-order valence-electron chi connectivity index (χ1n) is 5.08. The molecule has 0 unspecified atom stereocenters. The number of hydrogen-bond acceptors (Lipinski definition) is 3. The summed E-state index contributed by atoms with van der Waals surface area (Å²) < 4.78 is 0. The van der Waals surface area contributed by atoms with E-state index in [2.05, 4.69) is 29.1 Å². The summed E-state index contributed by atoms with van der Waals surface area (Å²) in [6, 6.07) is 0. The highest BCUT2D eigenvalue weighted by atomic mass is 16.2. The van der Waals surface area contributed by atoms with Gasteiger partial charge in [0.2, 0.25) is 5.91 Å². The van der Waals surface area contributed by atoms with E-state index in [1.165, 1.54) is 0 Å². The van der Waals surface area contributed by atoms with Crippen molar-refractivity contribution in [2.45, 2.75) is 27.2 Å². The molecule has 1 fully saturated rings. The molecule has 1 atom stereocenters. The molecule has 0 saturated heterocycles. The minimum Gasteiger partial charge on any atom is -0.309 e. The third kappa shape index (κ3) is 2.14. The second-order valence-corrected chi connectivity index (χ2v) is 4.78. The minimum absolute atomic E-state index is 0.0538. The normalized spacial score (nSPS) is 22.2. The predicted octanol–water partition coefficient (Wildman–Crippen LogP) is 1.77. The van der Waals surface area contributed by atoms with Crippen LogP contribution in [0.1, 0.15) is 26.0 Å². The number of aromatic nitrogens is 2. The average Bonchev–Trinajstić information content (AvgIpc) is 2.79. The van der Waals surface area contributed by atoms with E-state index in [0.29, 0.717) is 5.82 Å². The molecule has 0 radical (unpaired) electrons. The number of nitrogens with zero attached hydrogens (tertiary/aromatic N) is 2. The van der Waals surface area contributed by atoms with Crippen LogP contribution in [0.25, 0.3) is 0 Å². The van der Waals surface area contributed by atoms with Gasteiger partial charge in [-0.3, -0.25) is 9.78 Å². The van der Waals surface area contributed by atoms with Crippen LogP contribution in [-0.2, 0) is 4.79 Å². The maximum absolute atomic E-state index is 11.7. The minimum atomic E-state index is 0.0538. The standard InChI is InChI=1S/C11H15N3O/c1-7-5-13-9(6-12-7)14-10(15)8-4-11(8,2)3/h5-6,8H,4H2,1-3H3,(H,13,14,15)/t8-/m1/s1. The van der Waals surface area contributed by atoms with Gasteiger partial charge in [0, 0.05) is 5.92 Å². The van der Waals surface area contributed by atoms with Gasteiger partial charge in [0.25, 0.3) is 0 Å². The molecule has 0 spiro atoms. The van der Waals surface area contributed by atoms with Gasteiger partial charge in [-0.05, 0) is 18.8 Å². The zero-order valence-electron chi connectivity index (χ0n) is 9.24. The molecule has 1 amide bonds. The van der Waals surface area contributed by atoms with E-state index in [-0.39, 0.29) is 17.2 Å². The van der Waals surface area contributed by atoms with Gasteiger partial charge < -0.3 is 5.32 Å². The van der Waals surface area contributed by atoms with Gasteiger partial charge in [0.1, 0.15) is 0 Å². The number of hydrogen-bond donors (Lipinski definition) is 1. The predicted molar refractivity (Wildman–Crippen MR) is 57.3 cm³/mol. The van der Waals surface area contributed by atoms with Gasteiger partial charge >= 0.3 is 0 Å². The molecule has 1 aliphatic rings. The Bertz CT molecular complexity index is 383. The van der Waals surface area contributed by atoms with Crippen LogP contribution in [0, 0.1) is 18.3 Å². The van der Waals surface area contributed by atoms with Gasteiger partial charge in [-0.25, -0.2) is 4.98 Å². The van der Waals surface area contributed by atoms with E-state index in [1.54, 1.807) is 12.4 Å². The van der Waals surface area contributed by atoms with Gasteiger partial charge in [0.15, 0.2) is 5.82 Å². The first-order chi connectivity index (χ1) is 6.99. The topological polar surface area (TPSA) is 54.9 Å². The van der Waals surface area contributed by atoms with Crippen LogP contribution in [0.5, 0.6) is 0 Å². The van der Waals surface area contributed by atoms with Crippen LogP contribution in [0.2, 0.25) is 0 Å². The SMILES string of the molecule is Cc1cnc(NC(=O)[C@H]2CC2(C)C)cn1. The van der Waals surface area contributed by atoms with Gasteiger partial charge in [-0.2, -0.15) is 0 Å². The smallest absolute Gasteiger partial charge is 0.229 e. The molecule has 2 rings (SSSR count). The first-order valence-corrected chi connectivity index (χ1v) is 5.08. The quantitative estimate of drug-likeness (QED) is 0.800. The molecular weight excluding hydrogens is 190 g/mol. The number of nitrogens with one attached hydrogen (secondary N) is 1. The molecule has 1 aromatic rings. The lowest BCUT2D eigenvalue weighted by Crippen LogP contribution is -2.17. The van der Waals surface area contributed by atoms with Crippen LogP contribution >= 0.6 is 0 Å². The maximum Gasteiger partial charge on any atom is 0.229 e. The van der Waals surface area contributed by atoms with Crippen molar-refractivity contribution < 1.29 is 4.79 Å². The molecule has 1 heterocycles. The van der Waals surface area contributed by atoms with E-state index < -0.39 is 0 Å². The Kier molecular flexibility index (Phi) is 2.21. The van der Waals surface area contributed by atoms with Crippen molar-refractivity contribution in [3.8, 4) is 0 Å². The van der Waals surface area contributed by atoms with Crippen molar-refractivity contribution in [1.29, 1.82) is 0 Å². The second-order valence-electron chi connectivity index (χ2n) is 4.78. The fourth-order valence-corrected chi connectivity index (χ4v) is 1.59. The largest absolute Gasteiger partial charge is 0.309 e. The van der Waals surface area contributed by atoms with Crippen molar-refractivity contribution in [3.63, 3.8) is 0 Å². The number of aryl methyl sites for hydroxylation is 1. The number of anilines is 1. The summed E-state index contributed by atoms with van der Waals surface area (Å²) in [6.07, 6.45) is 4.19. The fourth-order valence-electron chi connectivity index (χ4n) is 1.59. The molecule has 0 aromatic carbocycles. The number of carbonyl (C=O) groups excluding carboxylic acids is 1. The number of amides is 1. The lowest BCUT2D eigenvalue weighted by molar-refractivity contribution is -0.118. The second kappa shape index (κ2) is 3.29. The Balaban J connectivity index is 1.98. The van der Waals surface area contributed by atoms with Crippen LogP contribution in [0.4, 0.5) is 5.82 Å².